The Morgan fingerprint density at radius 1 is 1.22 bits per heavy atom. The average Bonchev–Trinajstić information content (AvgIpc) is 2.35. The predicted octanol–water partition coefficient (Wildman–Crippen LogP) is 2.07. The first kappa shape index (κ1) is 12.8. The third-order valence-corrected chi connectivity index (χ3v) is 3.18. The molecule has 2 rings (SSSR count). The Balaban J connectivity index is 2.06. The molecular weight excluding hydrogens is 246 g/mol. The third-order valence-electron chi connectivity index (χ3n) is 2.29. The first-order chi connectivity index (χ1) is 8.67. The van der Waals surface area contributed by atoms with Crippen molar-refractivity contribution in [1.82, 2.24) is 15.0 Å². The highest BCUT2D eigenvalue weighted by Gasteiger charge is 2.03. The number of nitrogen functional groups attached to an aromatic ring is 1. The molecule has 0 unspecified atom stereocenters. The van der Waals surface area contributed by atoms with E-state index in [0.29, 0.717) is 0 Å². The molecule has 0 aliphatic carbocycles. The minimum absolute atomic E-state index is 0.721. The second kappa shape index (κ2) is 5.79. The smallest absolute Gasteiger partial charge is 0.188 e. The molecule has 5 nitrogen and oxygen atoms in total. The quantitative estimate of drug-likeness (QED) is 0.380. The number of aromatic nitrogens is 3. The number of hydrogen-bond donors (Lipinski definition) is 2. The SMILES string of the molecule is Cc1cc(C)nc(SCc2cc(NN)ccn2)n1. The Morgan fingerprint density at radius 2 is 1.94 bits per heavy atom. The number of nitrogens with zero attached hydrogens (tertiary/aromatic N) is 3. The van der Waals surface area contributed by atoms with Gasteiger partial charge in [-0.15, -0.1) is 0 Å². The van der Waals surface area contributed by atoms with E-state index in [-0.39, 0.29) is 0 Å². The van der Waals surface area contributed by atoms with Crippen molar-refractivity contribution < 1.29 is 0 Å². The van der Waals surface area contributed by atoms with Crippen LogP contribution in [0.4, 0.5) is 5.69 Å². The van der Waals surface area contributed by atoms with E-state index in [0.717, 1.165) is 33.7 Å². The predicted molar refractivity (Wildman–Crippen MR) is 73.1 cm³/mol. The van der Waals surface area contributed by atoms with Crippen LogP contribution in [-0.2, 0) is 5.75 Å². The molecule has 2 heterocycles. The van der Waals surface area contributed by atoms with E-state index in [1.165, 1.54) is 0 Å². The lowest BCUT2D eigenvalue weighted by atomic mass is 10.3. The van der Waals surface area contributed by atoms with Crippen LogP contribution in [0.25, 0.3) is 0 Å². The van der Waals surface area contributed by atoms with Gasteiger partial charge in [-0.3, -0.25) is 10.8 Å². The van der Waals surface area contributed by atoms with Gasteiger partial charge in [0.2, 0.25) is 0 Å². The number of pyridine rings is 1. The largest absolute Gasteiger partial charge is 0.324 e. The topological polar surface area (TPSA) is 76.7 Å². The number of rotatable bonds is 4. The Hall–Kier alpha value is -1.66. The lowest BCUT2D eigenvalue weighted by Crippen LogP contribution is -2.07. The molecule has 0 spiro atoms. The molecule has 0 aliphatic heterocycles. The number of aryl methyl sites for hydroxylation is 2. The highest BCUT2D eigenvalue weighted by atomic mass is 32.2. The first-order valence-electron chi connectivity index (χ1n) is 5.54. The molecule has 2 aromatic heterocycles. The van der Waals surface area contributed by atoms with Gasteiger partial charge in [-0.2, -0.15) is 0 Å². The molecule has 6 heteroatoms. The van der Waals surface area contributed by atoms with Crippen molar-refractivity contribution in [3.63, 3.8) is 0 Å². The van der Waals surface area contributed by atoms with E-state index < -0.39 is 0 Å². The number of anilines is 1. The van der Waals surface area contributed by atoms with Crippen LogP contribution >= 0.6 is 11.8 Å². The number of nitrogens with one attached hydrogen (secondary N) is 1. The first-order valence-corrected chi connectivity index (χ1v) is 6.52. The summed E-state index contributed by atoms with van der Waals surface area (Å²) in [6, 6.07) is 5.69. The summed E-state index contributed by atoms with van der Waals surface area (Å²) in [6.07, 6.45) is 1.73. The van der Waals surface area contributed by atoms with Crippen molar-refractivity contribution in [1.29, 1.82) is 0 Å². The molecule has 0 atom stereocenters. The summed E-state index contributed by atoms with van der Waals surface area (Å²) in [7, 11) is 0. The van der Waals surface area contributed by atoms with E-state index in [2.05, 4.69) is 20.4 Å². The van der Waals surface area contributed by atoms with Gasteiger partial charge in [-0.1, -0.05) is 11.8 Å². The zero-order chi connectivity index (χ0) is 13.0. The van der Waals surface area contributed by atoms with Gasteiger partial charge in [0, 0.05) is 23.3 Å². The van der Waals surface area contributed by atoms with Gasteiger partial charge >= 0.3 is 0 Å². The number of thioether (sulfide) groups is 1. The van der Waals surface area contributed by atoms with Crippen molar-refractivity contribution in [3.8, 4) is 0 Å². The molecule has 0 bridgehead atoms. The van der Waals surface area contributed by atoms with Crippen molar-refractivity contribution >= 4 is 17.4 Å². The van der Waals surface area contributed by atoms with E-state index >= 15 is 0 Å². The van der Waals surface area contributed by atoms with Crippen LogP contribution < -0.4 is 11.3 Å². The molecule has 0 aromatic carbocycles. The molecule has 18 heavy (non-hydrogen) atoms. The van der Waals surface area contributed by atoms with Gasteiger partial charge in [0.05, 0.1) is 11.4 Å². The lowest BCUT2D eigenvalue weighted by Gasteiger charge is -2.04. The molecule has 3 N–H and O–H groups in total. The third kappa shape index (κ3) is 3.41. The highest BCUT2D eigenvalue weighted by molar-refractivity contribution is 7.98. The van der Waals surface area contributed by atoms with Gasteiger partial charge in [0.15, 0.2) is 5.16 Å². The summed E-state index contributed by atoms with van der Waals surface area (Å²) in [4.78, 5) is 13.0. The van der Waals surface area contributed by atoms with Crippen LogP contribution in [0.3, 0.4) is 0 Å². The summed E-state index contributed by atoms with van der Waals surface area (Å²) >= 11 is 1.57. The molecule has 0 fully saturated rings. The zero-order valence-electron chi connectivity index (χ0n) is 10.3. The molecular formula is C12H15N5S. The highest BCUT2D eigenvalue weighted by Crippen LogP contribution is 2.20. The minimum atomic E-state index is 0.721. The number of hydrogen-bond acceptors (Lipinski definition) is 6. The van der Waals surface area contributed by atoms with Crippen molar-refractivity contribution in [2.24, 2.45) is 5.84 Å². The number of nitrogens with two attached hydrogens (primary N) is 1. The fourth-order valence-electron chi connectivity index (χ4n) is 1.54. The molecule has 94 valence electrons. The average molecular weight is 261 g/mol. The second-order valence-electron chi connectivity index (χ2n) is 3.90. The van der Waals surface area contributed by atoms with Crippen LogP contribution in [0.2, 0.25) is 0 Å². The van der Waals surface area contributed by atoms with Crippen LogP contribution in [0.15, 0.2) is 29.6 Å². The molecule has 0 amide bonds. The second-order valence-corrected chi connectivity index (χ2v) is 4.84. The maximum absolute atomic E-state index is 5.36. The maximum Gasteiger partial charge on any atom is 0.188 e. The molecule has 0 saturated carbocycles. The Labute approximate surface area is 110 Å². The maximum atomic E-state index is 5.36. The Morgan fingerprint density at radius 3 is 2.61 bits per heavy atom. The molecule has 0 aliphatic rings. The van der Waals surface area contributed by atoms with Gasteiger partial charge < -0.3 is 5.43 Å². The van der Waals surface area contributed by atoms with Crippen LogP contribution in [-0.4, -0.2) is 15.0 Å². The summed E-state index contributed by atoms with van der Waals surface area (Å²) in [5.41, 5.74) is 6.36. The summed E-state index contributed by atoms with van der Waals surface area (Å²) in [6.45, 7) is 3.94. The van der Waals surface area contributed by atoms with Gasteiger partial charge in [-0.25, -0.2) is 9.97 Å². The standard InChI is InChI=1S/C12H15N5S/c1-8-5-9(2)16-12(15-8)18-7-11-6-10(17-13)3-4-14-11/h3-6H,7,13H2,1-2H3,(H,14,17). The van der Waals surface area contributed by atoms with Crippen LogP contribution in [0, 0.1) is 13.8 Å². The van der Waals surface area contributed by atoms with E-state index in [1.807, 2.05) is 32.0 Å². The fourth-order valence-corrected chi connectivity index (χ4v) is 2.40. The van der Waals surface area contributed by atoms with E-state index in [4.69, 9.17) is 5.84 Å². The monoisotopic (exact) mass is 261 g/mol. The van der Waals surface area contributed by atoms with Crippen molar-refractivity contribution in [3.05, 3.63) is 41.5 Å². The van der Waals surface area contributed by atoms with Gasteiger partial charge in [0.25, 0.3) is 0 Å². The Kier molecular flexibility index (Phi) is 4.11. The lowest BCUT2D eigenvalue weighted by molar-refractivity contribution is 0.901. The Bertz CT molecular complexity index is 523. The summed E-state index contributed by atoms with van der Waals surface area (Å²) in [5.74, 6) is 6.08. The van der Waals surface area contributed by atoms with Crippen LogP contribution in [0.5, 0.6) is 0 Å². The van der Waals surface area contributed by atoms with Gasteiger partial charge in [-0.05, 0) is 32.0 Å². The molecule has 2 aromatic rings. The van der Waals surface area contributed by atoms with E-state index in [9.17, 15) is 0 Å². The zero-order valence-corrected chi connectivity index (χ0v) is 11.2. The minimum Gasteiger partial charge on any atom is -0.324 e. The number of hydrazine groups is 1. The van der Waals surface area contributed by atoms with Crippen LogP contribution in [0.1, 0.15) is 17.1 Å². The molecule has 0 radical (unpaired) electrons. The fraction of sp³-hybridized carbons (Fsp3) is 0.250. The summed E-state index contributed by atoms with van der Waals surface area (Å²) < 4.78 is 0. The molecule has 0 saturated heterocycles. The summed E-state index contributed by atoms with van der Waals surface area (Å²) in [5, 5.41) is 0.778. The van der Waals surface area contributed by atoms with Crippen molar-refractivity contribution in [2.45, 2.75) is 24.8 Å². The van der Waals surface area contributed by atoms with E-state index in [1.54, 1.807) is 18.0 Å². The van der Waals surface area contributed by atoms with Crippen molar-refractivity contribution in [2.75, 3.05) is 5.43 Å². The normalized spacial score (nSPS) is 10.4. The van der Waals surface area contributed by atoms with Gasteiger partial charge in [0.1, 0.15) is 0 Å².